The maximum Gasteiger partial charge on any atom is 0.254 e. The number of fused-ring (bicyclic) bond motifs is 9. The zero-order valence-electron chi connectivity index (χ0n) is 34.6. The fraction of sp³-hybridized carbons (Fsp3) is 0.0702. The summed E-state index contributed by atoms with van der Waals surface area (Å²) in [7, 11) is 0. The van der Waals surface area contributed by atoms with Crippen LogP contribution in [-0.4, -0.2) is 18.4 Å². The average Bonchev–Trinajstić information content (AvgIpc) is 4.10. The summed E-state index contributed by atoms with van der Waals surface area (Å²) in [6.45, 7) is 0.00357. The van der Waals surface area contributed by atoms with Crippen LogP contribution in [0.25, 0.3) is 0 Å². The molecule has 8 aromatic carbocycles. The van der Waals surface area contributed by atoms with Crippen molar-refractivity contribution in [1.29, 1.82) is 0 Å². The molecule has 1 aliphatic carbocycles. The molecular formula is C57H40B2N4. The van der Waals surface area contributed by atoms with Crippen LogP contribution < -0.4 is 47.5 Å². The highest BCUT2D eigenvalue weighted by Gasteiger charge is 2.59. The van der Waals surface area contributed by atoms with Gasteiger partial charge in [-0.25, -0.2) is 0 Å². The van der Waals surface area contributed by atoms with E-state index in [0.717, 1.165) is 24.2 Å². The summed E-state index contributed by atoms with van der Waals surface area (Å²) < 4.78 is 0. The molecular weight excluding hydrogens is 762 g/mol. The largest absolute Gasteiger partial charge is 0.311 e. The van der Waals surface area contributed by atoms with Crippen molar-refractivity contribution in [3.8, 4) is 0 Å². The molecule has 4 aliphatic heterocycles. The molecule has 1 spiro atoms. The smallest absolute Gasteiger partial charge is 0.254 e. The Morgan fingerprint density at radius 3 is 1.59 bits per heavy atom. The van der Waals surface area contributed by atoms with Gasteiger partial charge >= 0.3 is 0 Å². The first-order valence-corrected chi connectivity index (χ1v) is 22.3. The van der Waals surface area contributed by atoms with E-state index in [9.17, 15) is 0 Å². The number of nitrogens with zero attached hydrogens (tertiary/aromatic N) is 4. The third-order valence-electron chi connectivity index (χ3n) is 14.8. The zero-order valence-corrected chi connectivity index (χ0v) is 34.6. The molecule has 1 saturated carbocycles. The molecule has 5 heterocycles. The lowest BCUT2D eigenvalue weighted by molar-refractivity contribution is 0.667. The summed E-state index contributed by atoms with van der Waals surface area (Å²) in [6, 6.07) is 74.9. The summed E-state index contributed by atoms with van der Waals surface area (Å²) >= 11 is 0. The van der Waals surface area contributed by atoms with Gasteiger partial charge in [0.15, 0.2) is 0 Å². The molecule has 6 heteroatoms. The van der Waals surface area contributed by atoms with E-state index in [1.807, 2.05) is 6.20 Å². The number of hydrogen-bond donors (Lipinski definition) is 0. The molecule has 2 unspecified atom stereocenters. The topological polar surface area (TPSA) is 22.6 Å². The van der Waals surface area contributed by atoms with Crippen LogP contribution in [0.15, 0.2) is 213 Å². The van der Waals surface area contributed by atoms with Crippen LogP contribution in [0.1, 0.15) is 29.0 Å². The van der Waals surface area contributed by atoms with Gasteiger partial charge in [-0.15, -0.1) is 0 Å². The van der Waals surface area contributed by atoms with Crippen LogP contribution in [0.5, 0.6) is 0 Å². The highest BCUT2D eigenvalue weighted by Crippen LogP contribution is 2.62. The lowest BCUT2D eigenvalue weighted by Gasteiger charge is -2.45. The Hall–Kier alpha value is -7.56. The Kier molecular flexibility index (Phi) is 7.36. The normalized spacial score (nSPS) is 18.1. The third-order valence-corrected chi connectivity index (χ3v) is 14.8. The molecule has 4 nitrogen and oxygen atoms in total. The Labute approximate surface area is 368 Å². The Morgan fingerprint density at radius 2 is 0.952 bits per heavy atom. The molecule has 294 valence electrons. The molecule has 2 atom stereocenters. The van der Waals surface area contributed by atoms with E-state index in [-0.39, 0.29) is 18.8 Å². The van der Waals surface area contributed by atoms with Crippen LogP contribution in [0.3, 0.4) is 0 Å². The lowest BCUT2D eigenvalue weighted by Crippen LogP contribution is -2.64. The van der Waals surface area contributed by atoms with E-state index in [1.165, 1.54) is 89.3 Å². The quantitative estimate of drug-likeness (QED) is 0.166. The standard InChI is InChI=1S/C57H40B2N4/c1-5-17-38(18-6-1)44-36-57(44)35-39-19-15-28-50-55(39)58(45-27-14-13-26-43(45)57)46-33-47-54(34-53(46)62(50)41-22-9-3-10-23-41)63(42-24-11-4-12-25-42)52-30-16-29-51-56(52)59(47)48-37-60-32-31-49(48)61(51)40-20-7-2-8-21-40/h1-34,37,44H,35-36H2. The minimum absolute atomic E-state index is 0.0309. The second-order valence-corrected chi connectivity index (χ2v) is 17.9. The zero-order chi connectivity index (χ0) is 41.2. The molecule has 63 heavy (non-hydrogen) atoms. The van der Waals surface area contributed by atoms with Crippen LogP contribution >= 0.6 is 0 Å². The van der Waals surface area contributed by atoms with Crippen molar-refractivity contribution in [3.63, 3.8) is 0 Å². The summed E-state index contributed by atoms with van der Waals surface area (Å²) in [6.07, 6.45) is 6.24. The van der Waals surface area contributed by atoms with Gasteiger partial charge in [0.25, 0.3) is 6.71 Å². The van der Waals surface area contributed by atoms with Crippen LogP contribution in [0.4, 0.5) is 51.2 Å². The molecule has 0 bridgehead atoms. The Balaban J connectivity index is 1.08. The monoisotopic (exact) mass is 802 g/mol. The van der Waals surface area contributed by atoms with Gasteiger partial charge in [-0.3, -0.25) is 4.98 Å². The first-order valence-electron chi connectivity index (χ1n) is 22.3. The van der Waals surface area contributed by atoms with E-state index in [0.29, 0.717) is 5.92 Å². The molecule has 0 N–H and O–H groups in total. The number of pyridine rings is 1. The minimum atomic E-state index is -0.0415. The van der Waals surface area contributed by atoms with Crippen molar-refractivity contribution in [2.45, 2.75) is 24.2 Å². The highest BCUT2D eigenvalue weighted by atomic mass is 15.2. The second-order valence-electron chi connectivity index (χ2n) is 17.9. The molecule has 14 rings (SSSR count). The van der Waals surface area contributed by atoms with Gasteiger partial charge < -0.3 is 14.7 Å². The van der Waals surface area contributed by atoms with E-state index in [1.54, 1.807) is 0 Å². The van der Waals surface area contributed by atoms with Gasteiger partial charge in [-0.1, -0.05) is 139 Å². The SMILES string of the molecule is c1ccc(C2CC23Cc2cccc4c2B(c2cc5c(cc2N4c2ccccc2)N(c2ccccc2)c2cccc4c2B5c2cnccc2N4c2ccccc2)c2ccccc23)cc1. The summed E-state index contributed by atoms with van der Waals surface area (Å²) in [4.78, 5) is 12.4. The lowest BCUT2D eigenvalue weighted by atomic mass is 9.30. The molecule has 9 aromatic rings. The second kappa shape index (κ2) is 13.2. The van der Waals surface area contributed by atoms with Gasteiger partial charge in [0.1, 0.15) is 0 Å². The van der Waals surface area contributed by atoms with Crippen LogP contribution in [0, 0.1) is 0 Å². The molecule has 0 saturated heterocycles. The van der Waals surface area contributed by atoms with Crippen molar-refractivity contribution in [1.82, 2.24) is 4.98 Å². The van der Waals surface area contributed by atoms with Crippen molar-refractivity contribution in [3.05, 3.63) is 229 Å². The minimum Gasteiger partial charge on any atom is -0.311 e. The number of para-hydroxylation sites is 3. The molecule has 0 radical (unpaired) electrons. The van der Waals surface area contributed by atoms with Crippen LogP contribution in [-0.2, 0) is 11.8 Å². The van der Waals surface area contributed by atoms with Crippen molar-refractivity contribution in [2.24, 2.45) is 0 Å². The van der Waals surface area contributed by atoms with E-state index in [2.05, 4.69) is 221 Å². The number of rotatable bonds is 4. The maximum absolute atomic E-state index is 4.87. The third kappa shape index (κ3) is 4.92. The van der Waals surface area contributed by atoms with Crippen molar-refractivity contribution >= 4 is 97.4 Å². The van der Waals surface area contributed by atoms with E-state index in [4.69, 9.17) is 4.98 Å². The summed E-state index contributed by atoms with van der Waals surface area (Å²) in [5.41, 5.74) is 23.2. The molecule has 1 aromatic heterocycles. The molecule has 0 amide bonds. The van der Waals surface area contributed by atoms with E-state index < -0.39 is 0 Å². The van der Waals surface area contributed by atoms with Gasteiger partial charge in [-0.05, 0) is 129 Å². The Morgan fingerprint density at radius 1 is 0.429 bits per heavy atom. The first-order chi connectivity index (χ1) is 31.3. The van der Waals surface area contributed by atoms with Gasteiger partial charge in [0.05, 0.1) is 0 Å². The predicted octanol–water partition coefficient (Wildman–Crippen LogP) is 9.45. The first kappa shape index (κ1) is 35.1. The predicted molar refractivity (Wildman–Crippen MR) is 263 cm³/mol. The average molecular weight is 803 g/mol. The number of benzene rings is 8. The highest BCUT2D eigenvalue weighted by molar-refractivity contribution is 7.02. The summed E-state index contributed by atoms with van der Waals surface area (Å²) in [5.74, 6) is 0.470. The van der Waals surface area contributed by atoms with Crippen molar-refractivity contribution in [2.75, 3.05) is 14.7 Å². The molecule has 5 aliphatic rings. The van der Waals surface area contributed by atoms with Crippen LogP contribution in [0.2, 0.25) is 0 Å². The van der Waals surface area contributed by atoms with Gasteiger partial charge in [0, 0.05) is 69.0 Å². The van der Waals surface area contributed by atoms with E-state index >= 15 is 0 Å². The van der Waals surface area contributed by atoms with Gasteiger partial charge in [0.2, 0.25) is 6.71 Å². The summed E-state index contributed by atoms with van der Waals surface area (Å²) in [5, 5.41) is 0. The van der Waals surface area contributed by atoms with Gasteiger partial charge in [-0.2, -0.15) is 0 Å². The number of aromatic nitrogens is 1. The Bertz CT molecular complexity index is 3290. The fourth-order valence-corrected chi connectivity index (χ4v) is 12.3. The maximum atomic E-state index is 4.87. The number of hydrogen-bond acceptors (Lipinski definition) is 4. The number of anilines is 9. The molecule has 1 fully saturated rings. The van der Waals surface area contributed by atoms with Crippen molar-refractivity contribution < 1.29 is 0 Å². The fourth-order valence-electron chi connectivity index (χ4n) is 12.3.